The van der Waals surface area contributed by atoms with Gasteiger partial charge in [0.1, 0.15) is 0 Å². The second-order valence-electron chi connectivity index (χ2n) is 13.8. The second-order valence-corrected chi connectivity index (χ2v) is 13.8. The fourth-order valence-electron chi connectivity index (χ4n) is 8.16. The fraction of sp³-hybridized carbons (Fsp3) is 0.130. The second kappa shape index (κ2) is 11.3. The topological polar surface area (TPSA) is 6.48 Å². The van der Waals surface area contributed by atoms with Gasteiger partial charge >= 0.3 is 0 Å². The third-order valence-corrected chi connectivity index (χ3v) is 10.5. The van der Waals surface area contributed by atoms with Crippen molar-refractivity contribution in [3.63, 3.8) is 0 Å². The van der Waals surface area contributed by atoms with Crippen molar-refractivity contribution < 1.29 is 0 Å². The molecule has 0 heterocycles. The summed E-state index contributed by atoms with van der Waals surface area (Å²) in [6.45, 7) is 4.81. The van der Waals surface area contributed by atoms with E-state index in [1.54, 1.807) is 0 Å². The van der Waals surface area contributed by atoms with Gasteiger partial charge in [-0.3, -0.25) is 0 Å². The molecule has 0 amide bonds. The first-order valence-electron chi connectivity index (χ1n) is 17.1. The largest absolute Gasteiger partial charge is 0.334 e. The molecule has 0 aromatic heterocycles. The summed E-state index contributed by atoms with van der Waals surface area (Å²) >= 11 is 0. The Morgan fingerprint density at radius 1 is 0.500 bits per heavy atom. The van der Waals surface area contributed by atoms with E-state index in [4.69, 9.17) is 0 Å². The van der Waals surface area contributed by atoms with Crippen LogP contribution in [0, 0.1) is 0 Å². The van der Waals surface area contributed by atoms with Crippen LogP contribution in [0.15, 0.2) is 164 Å². The number of para-hydroxylation sites is 3. The predicted molar refractivity (Wildman–Crippen MR) is 202 cm³/mol. The number of fused-ring (bicyclic) bond motifs is 6. The number of nitrogens with zero attached hydrogens (tertiary/aromatic N) is 2. The number of hydrogen-bond acceptors (Lipinski definition) is 2. The van der Waals surface area contributed by atoms with Gasteiger partial charge in [-0.1, -0.05) is 105 Å². The third-order valence-electron chi connectivity index (χ3n) is 10.5. The molecule has 0 spiro atoms. The maximum Gasteiger partial charge on any atom is 0.0559 e. The number of hydrogen-bond donors (Lipinski definition) is 0. The van der Waals surface area contributed by atoms with Crippen LogP contribution in [0.5, 0.6) is 0 Å². The van der Waals surface area contributed by atoms with Gasteiger partial charge in [-0.05, 0) is 130 Å². The highest BCUT2D eigenvalue weighted by atomic mass is 15.2. The van der Waals surface area contributed by atoms with Gasteiger partial charge in [0.15, 0.2) is 0 Å². The van der Waals surface area contributed by atoms with Crippen molar-refractivity contribution in [3.05, 3.63) is 186 Å². The fourth-order valence-corrected chi connectivity index (χ4v) is 8.16. The minimum Gasteiger partial charge on any atom is -0.334 e. The Morgan fingerprint density at radius 3 is 1.79 bits per heavy atom. The van der Waals surface area contributed by atoms with Gasteiger partial charge in [0.25, 0.3) is 0 Å². The minimum atomic E-state index is -0.124. The average molecular weight is 619 g/mol. The molecule has 2 heteroatoms. The van der Waals surface area contributed by atoms with E-state index >= 15 is 0 Å². The van der Waals surface area contributed by atoms with E-state index in [1.165, 1.54) is 61.6 Å². The highest BCUT2D eigenvalue weighted by Crippen LogP contribution is 2.54. The van der Waals surface area contributed by atoms with Crippen LogP contribution >= 0.6 is 0 Å². The lowest BCUT2D eigenvalue weighted by molar-refractivity contribution is 0.659. The standard InChI is InChI=1S/C46H38N2/c1-46(2)44-30-39(48(36-19-11-5-12-20-36)37-21-13-6-14-22-37)25-26-40(44)43-28-33-27-32-23-24-38(29-41(32)42(33)31-45(43)46)47(34-15-7-3-8-16-34)35-17-9-4-10-18-35/h3-21,23-26,28-31,37H,22,27H2,1-2H3. The van der Waals surface area contributed by atoms with Gasteiger partial charge in [0.2, 0.25) is 0 Å². The quantitative estimate of drug-likeness (QED) is 0.183. The molecule has 3 aliphatic carbocycles. The Balaban J connectivity index is 1.12. The van der Waals surface area contributed by atoms with E-state index in [0.717, 1.165) is 24.2 Å². The summed E-state index contributed by atoms with van der Waals surface area (Å²) in [5.41, 5.74) is 17.0. The Bertz CT molecular complexity index is 2170. The summed E-state index contributed by atoms with van der Waals surface area (Å²) in [6, 6.07) is 51.7. The van der Waals surface area contributed by atoms with Gasteiger partial charge < -0.3 is 9.80 Å². The highest BCUT2D eigenvalue weighted by Gasteiger charge is 2.38. The maximum atomic E-state index is 2.51. The summed E-state index contributed by atoms with van der Waals surface area (Å²) in [6.07, 6.45) is 10.9. The summed E-state index contributed by atoms with van der Waals surface area (Å²) in [5, 5.41) is 0. The molecule has 6 aromatic carbocycles. The van der Waals surface area contributed by atoms with Crippen LogP contribution in [0.2, 0.25) is 0 Å². The molecule has 0 aliphatic heterocycles. The summed E-state index contributed by atoms with van der Waals surface area (Å²) in [7, 11) is 0. The van der Waals surface area contributed by atoms with Crippen LogP contribution in [0.4, 0.5) is 28.4 Å². The Hall–Kier alpha value is -5.60. The summed E-state index contributed by atoms with van der Waals surface area (Å²) in [5.74, 6) is 0. The number of allylic oxidation sites excluding steroid dienone is 2. The Kier molecular flexibility index (Phi) is 6.72. The van der Waals surface area contributed by atoms with Crippen molar-refractivity contribution in [2.24, 2.45) is 0 Å². The van der Waals surface area contributed by atoms with Crippen molar-refractivity contribution in [2.45, 2.75) is 38.1 Å². The van der Waals surface area contributed by atoms with E-state index in [0.29, 0.717) is 0 Å². The van der Waals surface area contributed by atoms with Gasteiger partial charge in [0.05, 0.1) is 6.04 Å². The molecule has 0 fully saturated rings. The van der Waals surface area contributed by atoms with Crippen molar-refractivity contribution in [3.8, 4) is 22.3 Å². The molecule has 0 bridgehead atoms. The van der Waals surface area contributed by atoms with Crippen LogP contribution in [0.1, 0.15) is 42.5 Å². The molecule has 48 heavy (non-hydrogen) atoms. The van der Waals surface area contributed by atoms with Crippen molar-refractivity contribution in [1.29, 1.82) is 0 Å². The van der Waals surface area contributed by atoms with Crippen molar-refractivity contribution >= 4 is 28.4 Å². The first kappa shape index (κ1) is 28.6. The molecule has 0 saturated heterocycles. The number of anilines is 5. The Morgan fingerprint density at radius 2 is 1.12 bits per heavy atom. The summed E-state index contributed by atoms with van der Waals surface area (Å²) < 4.78 is 0. The van der Waals surface area contributed by atoms with Crippen LogP contribution in [0.25, 0.3) is 22.3 Å². The zero-order chi connectivity index (χ0) is 32.2. The smallest absolute Gasteiger partial charge is 0.0559 e. The number of benzene rings is 6. The molecule has 1 unspecified atom stereocenters. The molecular formula is C46H38N2. The van der Waals surface area contributed by atoms with Crippen LogP contribution in [-0.2, 0) is 11.8 Å². The molecule has 2 nitrogen and oxygen atoms in total. The van der Waals surface area contributed by atoms with Gasteiger partial charge in [-0.25, -0.2) is 0 Å². The van der Waals surface area contributed by atoms with E-state index in [1.807, 2.05) is 0 Å². The van der Waals surface area contributed by atoms with E-state index in [9.17, 15) is 0 Å². The first-order chi connectivity index (χ1) is 23.6. The van der Waals surface area contributed by atoms with E-state index in [2.05, 4.69) is 187 Å². The van der Waals surface area contributed by atoms with Gasteiger partial charge in [-0.15, -0.1) is 0 Å². The summed E-state index contributed by atoms with van der Waals surface area (Å²) in [4.78, 5) is 4.87. The van der Waals surface area contributed by atoms with E-state index < -0.39 is 0 Å². The third kappa shape index (κ3) is 4.63. The average Bonchev–Trinajstić information content (AvgIpc) is 3.60. The normalized spacial score (nSPS) is 16.2. The van der Waals surface area contributed by atoms with Crippen LogP contribution in [-0.4, -0.2) is 6.04 Å². The lowest BCUT2D eigenvalue weighted by atomic mass is 9.81. The lowest BCUT2D eigenvalue weighted by Gasteiger charge is -2.33. The molecule has 232 valence electrons. The molecule has 1 atom stereocenters. The zero-order valence-electron chi connectivity index (χ0n) is 27.5. The zero-order valence-corrected chi connectivity index (χ0v) is 27.5. The van der Waals surface area contributed by atoms with Gasteiger partial charge in [-0.2, -0.15) is 0 Å². The van der Waals surface area contributed by atoms with Crippen molar-refractivity contribution in [2.75, 3.05) is 9.80 Å². The Labute approximate surface area is 283 Å². The monoisotopic (exact) mass is 618 g/mol. The molecule has 0 N–H and O–H groups in total. The van der Waals surface area contributed by atoms with Crippen molar-refractivity contribution in [1.82, 2.24) is 0 Å². The molecule has 6 aromatic rings. The predicted octanol–water partition coefficient (Wildman–Crippen LogP) is 12.1. The number of rotatable bonds is 6. The highest BCUT2D eigenvalue weighted by molar-refractivity contribution is 5.90. The SMILES string of the molecule is CC1(C)c2cc(N(c3ccccc3)C3C=CC=CC3)ccc2-c2cc3c(cc21)-c1cc(N(c2ccccc2)c2ccccc2)ccc1C3. The maximum absolute atomic E-state index is 2.51. The molecule has 0 radical (unpaired) electrons. The first-order valence-corrected chi connectivity index (χ1v) is 17.1. The molecule has 3 aliphatic rings. The minimum absolute atomic E-state index is 0.124. The van der Waals surface area contributed by atoms with Crippen LogP contribution in [0.3, 0.4) is 0 Å². The van der Waals surface area contributed by atoms with E-state index in [-0.39, 0.29) is 11.5 Å². The molecule has 0 saturated carbocycles. The van der Waals surface area contributed by atoms with Crippen LogP contribution < -0.4 is 9.80 Å². The molecular weight excluding hydrogens is 581 g/mol. The lowest BCUT2D eigenvalue weighted by Crippen LogP contribution is -2.30. The van der Waals surface area contributed by atoms with Gasteiger partial charge in [0, 0.05) is 33.9 Å². The molecule has 9 rings (SSSR count).